The second-order valence-electron chi connectivity index (χ2n) is 12.7. The summed E-state index contributed by atoms with van der Waals surface area (Å²) in [4.78, 5) is 2.43. The van der Waals surface area contributed by atoms with Crippen molar-refractivity contribution >= 4 is 5.69 Å². The molecule has 0 spiro atoms. The lowest BCUT2D eigenvalue weighted by atomic mass is 9.62. The zero-order chi connectivity index (χ0) is 29.9. The van der Waals surface area contributed by atoms with Crippen LogP contribution in [-0.2, 0) is 33.0 Å². The number of anilines is 1. The summed E-state index contributed by atoms with van der Waals surface area (Å²) < 4.78 is 24.0. The van der Waals surface area contributed by atoms with Crippen molar-refractivity contribution in [3.8, 4) is 5.75 Å². The van der Waals surface area contributed by atoms with Gasteiger partial charge in [-0.2, -0.15) is 0 Å². The number of nitrogens with zero attached hydrogens (tertiary/aromatic N) is 1. The van der Waals surface area contributed by atoms with E-state index in [0.29, 0.717) is 19.1 Å². The molecule has 2 atom stereocenters. The fourth-order valence-electron chi connectivity index (χ4n) is 7.81. The topological polar surface area (TPSA) is 60.4 Å². The molecule has 0 aromatic heterocycles. The third-order valence-corrected chi connectivity index (χ3v) is 10.4. The number of aliphatic hydroxyl groups is 1. The summed E-state index contributed by atoms with van der Waals surface area (Å²) in [6, 6.07) is 24.9. The number of fused-ring (bicyclic) bond motifs is 1. The quantitative estimate of drug-likeness (QED) is 0.268. The normalized spacial score (nSPS) is 25.1. The van der Waals surface area contributed by atoms with Crippen molar-refractivity contribution in [3.63, 3.8) is 0 Å². The van der Waals surface area contributed by atoms with Crippen molar-refractivity contribution in [2.75, 3.05) is 32.2 Å². The van der Waals surface area contributed by atoms with E-state index >= 15 is 0 Å². The number of ether oxygens (including phenoxy) is 4. The van der Waals surface area contributed by atoms with Crippen molar-refractivity contribution in [2.45, 2.75) is 82.6 Å². The lowest BCUT2D eigenvalue weighted by Crippen LogP contribution is -2.59. The molecule has 2 fully saturated rings. The summed E-state index contributed by atoms with van der Waals surface area (Å²) in [6.07, 6.45) is 7.66. The molecule has 6 rings (SSSR count). The summed E-state index contributed by atoms with van der Waals surface area (Å²) in [5, 5.41) is 13.0. The standard InChI is InChI=1S/C37H47NO5/c1-36(30-12-8-5-9-13-30)37(39,31-14-16-32(17-15-31)38-22-20-28(21-23-38)35(40-2)41-3)34-19-18-33(24-29(34)26-43-36)42-25-27-10-6-4-7-11-27/h4,6-7,10-11,14-19,24,28,30,35,39H,5,8-9,12-13,20-23,25-26H2,1-3H3. The van der Waals surface area contributed by atoms with Gasteiger partial charge in [0, 0.05) is 38.9 Å². The third kappa shape index (κ3) is 5.83. The molecule has 3 aromatic rings. The van der Waals surface area contributed by atoms with Gasteiger partial charge < -0.3 is 29.0 Å². The Bertz CT molecular complexity index is 1330. The van der Waals surface area contributed by atoms with Crippen molar-refractivity contribution in [1.29, 1.82) is 0 Å². The zero-order valence-electron chi connectivity index (χ0n) is 26.0. The Balaban J connectivity index is 1.28. The Morgan fingerprint density at radius 1 is 0.884 bits per heavy atom. The number of piperidine rings is 1. The lowest BCUT2D eigenvalue weighted by molar-refractivity contribution is -0.213. The number of hydrogen-bond donors (Lipinski definition) is 1. The molecule has 0 amide bonds. The highest BCUT2D eigenvalue weighted by Gasteiger charge is 2.57. The van der Waals surface area contributed by atoms with Gasteiger partial charge in [0.2, 0.25) is 0 Å². The van der Waals surface area contributed by atoms with E-state index in [-0.39, 0.29) is 12.2 Å². The lowest BCUT2D eigenvalue weighted by Gasteiger charge is -2.54. The molecule has 1 aliphatic carbocycles. The van der Waals surface area contributed by atoms with E-state index in [4.69, 9.17) is 18.9 Å². The first kappa shape index (κ1) is 30.1. The Hall–Kier alpha value is -2.90. The largest absolute Gasteiger partial charge is 0.489 e. The number of methoxy groups -OCH3 is 2. The average molecular weight is 586 g/mol. The zero-order valence-corrected chi connectivity index (χ0v) is 26.0. The summed E-state index contributed by atoms with van der Waals surface area (Å²) in [5.41, 5.74) is 3.09. The monoisotopic (exact) mass is 585 g/mol. The molecule has 0 radical (unpaired) electrons. The van der Waals surface area contributed by atoms with Crippen LogP contribution < -0.4 is 9.64 Å². The van der Waals surface area contributed by atoms with E-state index in [2.05, 4.69) is 60.4 Å². The van der Waals surface area contributed by atoms with E-state index in [1.165, 1.54) is 24.9 Å². The van der Waals surface area contributed by atoms with Crippen LogP contribution in [0.15, 0.2) is 72.8 Å². The predicted octanol–water partition coefficient (Wildman–Crippen LogP) is 7.21. The maximum atomic E-state index is 13.0. The SMILES string of the molecule is COC(OC)C1CCN(c2ccc(C3(O)c4ccc(OCc5ccccc5)cc4COC3(C)C3CCCCC3)cc2)CC1. The van der Waals surface area contributed by atoms with Crippen molar-refractivity contribution in [3.05, 3.63) is 95.1 Å². The molecule has 1 N–H and O–H groups in total. The summed E-state index contributed by atoms with van der Waals surface area (Å²) in [7, 11) is 3.44. The molecule has 1 saturated carbocycles. The molecule has 230 valence electrons. The summed E-state index contributed by atoms with van der Waals surface area (Å²) >= 11 is 0. The van der Waals surface area contributed by atoms with E-state index in [1.54, 1.807) is 14.2 Å². The van der Waals surface area contributed by atoms with Gasteiger partial charge in [-0.1, -0.05) is 67.8 Å². The highest BCUT2D eigenvalue weighted by atomic mass is 16.7. The maximum absolute atomic E-state index is 13.0. The van der Waals surface area contributed by atoms with E-state index in [0.717, 1.165) is 66.8 Å². The molecule has 6 nitrogen and oxygen atoms in total. The second kappa shape index (κ2) is 13.0. The van der Waals surface area contributed by atoms with Gasteiger partial charge in [-0.25, -0.2) is 0 Å². The van der Waals surface area contributed by atoms with E-state index in [9.17, 15) is 5.11 Å². The number of rotatable bonds is 9. The number of benzene rings is 3. The molecule has 3 aromatic carbocycles. The van der Waals surface area contributed by atoms with Crippen LogP contribution in [0.1, 0.15) is 74.1 Å². The van der Waals surface area contributed by atoms with Crippen molar-refractivity contribution in [1.82, 2.24) is 0 Å². The van der Waals surface area contributed by atoms with Gasteiger partial charge in [-0.3, -0.25) is 0 Å². The minimum Gasteiger partial charge on any atom is -0.489 e. The molecule has 43 heavy (non-hydrogen) atoms. The van der Waals surface area contributed by atoms with Crippen LogP contribution in [0.2, 0.25) is 0 Å². The highest BCUT2D eigenvalue weighted by Crippen LogP contribution is 2.54. The molecular weight excluding hydrogens is 538 g/mol. The first-order chi connectivity index (χ1) is 21.0. The minimum absolute atomic E-state index is 0.146. The minimum atomic E-state index is -1.28. The predicted molar refractivity (Wildman–Crippen MR) is 169 cm³/mol. The van der Waals surface area contributed by atoms with Gasteiger partial charge in [0.1, 0.15) is 23.6 Å². The van der Waals surface area contributed by atoms with Crippen LogP contribution in [0, 0.1) is 11.8 Å². The first-order valence-corrected chi connectivity index (χ1v) is 16.0. The summed E-state index contributed by atoms with van der Waals surface area (Å²) in [5.74, 6) is 1.47. The second-order valence-corrected chi connectivity index (χ2v) is 12.7. The van der Waals surface area contributed by atoms with Gasteiger partial charge in [-0.05, 0) is 85.0 Å². The van der Waals surface area contributed by atoms with Crippen molar-refractivity contribution in [2.24, 2.45) is 11.8 Å². The van der Waals surface area contributed by atoms with Crippen LogP contribution >= 0.6 is 0 Å². The molecule has 1 saturated heterocycles. The molecule has 2 unspecified atom stereocenters. The van der Waals surface area contributed by atoms with Crippen LogP contribution in [0.5, 0.6) is 5.75 Å². The Labute approximate surface area is 256 Å². The van der Waals surface area contributed by atoms with Gasteiger partial charge >= 0.3 is 0 Å². The fourth-order valence-corrected chi connectivity index (χ4v) is 7.81. The molecule has 3 aliphatic rings. The van der Waals surface area contributed by atoms with Crippen LogP contribution in [0.4, 0.5) is 5.69 Å². The van der Waals surface area contributed by atoms with Gasteiger partial charge in [0.05, 0.1) is 6.61 Å². The molecule has 2 aliphatic heterocycles. The fraction of sp³-hybridized carbons (Fsp3) is 0.514. The Kier molecular flexibility index (Phi) is 9.11. The number of hydrogen-bond acceptors (Lipinski definition) is 6. The Morgan fingerprint density at radius 2 is 1.58 bits per heavy atom. The third-order valence-electron chi connectivity index (χ3n) is 10.4. The first-order valence-electron chi connectivity index (χ1n) is 16.0. The van der Waals surface area contributed by atoms with Crippen molar-refractivity contribution < 1.29 is 24.1 Å². The van der Waals surface area contributed by atoms with Gasteiger partial charge in [0.15, 0.2) is 6.29 Å². The van der Waals surface area contributed by atoms with Crippen LogP contribution in [-0.4, -0.2) is 44.3 Å². The van der Waals surface area contributed by atoms with Crippen LogP contribution in [0.3, 0.4) is 0 Å². The van der Waals surface area contributed by atoms with E-state index in [1.807, 2.05) is 24.3 Å². The highest BCUT2D eigenvalue weighted by molar-refractivity contribution is 5.54. The molecule has 2 heterocycles. The van der Waals surface area contributed by atoms with Gasteiger partial charge in [0.25, 0.3) is 0 Å². The van der Waals surface area contributed by atoms with Crippen LogP contribution in [0.25, 0.3) is 0 Å². The van der Waals surface area contributed by atoms with E-state index < -0.39 is 11.2 Å². The Morgan fingerprint density at radius 3 is 2.26 bits per heavy atom. The molecular formula is C37H47NO5. The average Bonchev–Trinajstić information content (AvgIpc) is 3.07. The maximum Gasteiger partial charge on any atom is 0.159 e. The molecule has 0 bridgehead atoms. The van der Waals surface area contributed by atoms with Gasteiger partial charge in [-0.15, -0.1) is 0 Å². The molecule has 6 heteroatoms. The smallest absolute Gasteiger partial charge is 0.159 e. The summed E-state index contributed by atoms with van der Waals surface area (Å²) in [6.45, 7) is 5.02.